The summed E-state index contributed by atoms with van der Waals surface area (Å²) in [5, 5.41) is 18.0. The molecule has 1 aromatic carbocycles. The second-order valence-electron chi connectivity index (χ2n) is 4.41. The van der Waals surface area contributed by atoms with Crippen LogP contribution in [0.2, 0.25) is 0 Å². The van der Waals surface area contributed by atoms with Gasteiger partial charge in [-0.2, -0.15) is 23.7 Å². The summed E-state index contributed by atoms with van der Waals surface area (Å²) in [4.78, 5) is 0. The Labute approximate surface area is 131 Å². The lowest BCUT2D eigenvalue weighted by Gasteiger charge is -2.19. The second-order valence-corrected chi connectivity index (χ2v) is 5.45. The van der Waals surface area contributed by atoms with Crippen LogP contribution in [0.15, 0.2) is 24.3 Å². The van der Waals surface area contributed by atoms with E-state index in [1.807, 2.05) is 0 Å². The first-order chi connectivity index (χ1) is 10.5. The van der Waals surface area contributed by atoms with Gasteiger partial charge in [0.15, 0.2) is 5.41 Å². The van der Waals surface area contributed by atoms with Crippen molar-refractivity contribution in [3.8, 4) is 17.9 Å². The fourth-order valence-corrected chi connectivity index (χ4v) is 2.22. The highest BCUT2D eigenvalue weighted by atomic mass is 32.2. The van der Waals surface area contributed by atoms with Gasteiger partial charge >= 0.3 is 11.9 Å². The molecule has 0 aliphatic rings. The molecule has 0 aliphatic heterocycles. The average Bonchev–Trinajstić information content (AvgIpc) is 2.43. The molecule has 0 bridgehead atoms. The Morgan fingerprint density at radius 2 is 1.48 bits per heavy atom. The topological polar surface area (TPSA) is 56.8 Å². The molecule has 0 atom stereocenters. The third-order valence-electron chi connectivity index (χ3n) is 2.57. The molecule has 0 heterocycles. The van der Waals surface area contributed by atoms with Gasteiger partial charge in [-0.25, -0.2) is 0 Å². The van der Waals surface area contributed by atoms with Crippen LogP contribution in [0.25, 0.3) is 0 Å². The predicted octanol–water partition coefficient (Wildman–Crippen LogP) is 4.41. The Kier molecular flexibility index (Phi) is 5.78. The minimum atomic E-state index is -4.87. The quantitative estimate of drug-likeness (QED) is 0.735. The fourth-order valence-electron chi connectivity index (χ4n) is 1.58. The van der Waals surface area contributed by atoms with Gasteiger partial charge < -0.3 is 4.74 Å². The van der Waals surface area contributed by atoms with E-state index in [1.54, 1.807) is 12.1 Å². The Bertz CT molecular complexity index is 598. The van der Waals surface area contributed by atoms with Crippen molar-refractivity contribution in [2.75, 3.05) is 5.75 Å². The summed E-state index contributed by atoms with van der Waals surface area (Å²) in [6.07, 6.45) is -5.22. The van der Waals surface area contributed by atoms with E-state index < -0.39 is 40.5 Å². The summed E-state index contributed by atoms with van der Waals surface area (Å²) in [5.41, 5.74) is -6.29. The second kappa shape index (κ2) is 7.01. The van der Waals surface area contributed by atoms with Crippen LogP contribution in [0.1, 0.15) is 5.56 Å². The summed E-state index contributed by atoms with van der Waals surface area (Å²) in [5.74, 6) is -1.31. The summed E-state index contributed by atoms with van der Waals surface area (Å²) < 4.78 is 76.4. The minimum absolute atomic E-state index is 0.241. The Hall–Kier alpha value is -2.07. The highest BCUT2D eigenvalue weighted by molar-refractivity contribution is 8.00. The van der Waals surface area contributed by atoms with E-state index in [-0.39, 0.29) is 12.0 Å². The molecule has 0 radical (unpaired) electrons. The van der Waals surface area contributed by atoms with Crippen molar-refractivity contribution in [3.63, 3.8) is 0 Å². The maximum absolute atomic E-state index is 12.2. The lowest BCUT2D eigenvalue weighted by atomic mass is 9.86. The van der Waals surface area contributed by atoms with Gasteiger partial charge in [-0.05, 0) is 29.5 Å². The fraction of sp³-hybridized carbons (Fsp3) is 0.385. The highest BCUT2D eigenvalue weighted by Crippen LogP contribution is 2.37. The zero-order valence-corrected chi connectivity index (χ0v) is 12.0. The van der Waals surface area contributed by atoms with Crippen molar-refractivity contribution < 1.29 is 31.1 Å². The van der Waals surface area contributed by atoms with Gasteiger partial charge in [-0.3, -0.25) is 0 Å². The molecule has 3 nitrogen and oxygen atoms in total. The molecule has 1 aromatic rings. The molecule has 0 unspecified atom stereocenters. The predicted molar refractivity (Wildman–Crippen MR) is 69.0 cm³/mol. The van der Waals surface area contributed by atoms with Crippen molar-refractivity contribution in [3.05, 3.63) is 29.8 Å². The van der Waals surface area contributed by atoms with Gasteiger partial charge in [0.1, 0.15) is 5.75 Å². The summed E-state index contributed by atoms with van der Waals surface area (Å²) >= 11 is -0.499. The van der Waals surface area contributed by atoms with Crippen LogP contribution in [0.4, 0.5) is 26.3 Å². The first-order valence-corrected chi connectivity index (χ1v) is 6.85. The molecule has 0 amide bonds. The summed E-state index contributed by atoms with van der Waals surface area (Å²) in [7, 11) is 0. The lowest BCUT2D eigenvalue weighted by molar-refractivity contribution is -0.274. The van der Waals surface area contributed by atoms with Crippen LogP contribution in [-0.4, -0.2) is 17.6 Å². The van der Waals surface area contributed by atoms with E-state index in [1.165, 1.54) is 0 Å². The zero-order chi connectivity index (χ0) is 17.7. The summed E-state index contributed by atoms with van der Waals surface area (Å²) in [6, 6.07) is 7.32. The van der Waals surface area contributed by atoms with Crippen molar-refractivity contribution in [2.24, 2.45) is 5.41 Å². The van der Waals surface area contributed by atoms with E-state index in [0.717, 1.165) is 24.3 Å². The van der Waals surface area contributed by atoms with E-state index in [2.05, 4.69) is 4.74 Å². The van der Waals surface area contributed by atoms with Gasteiger partial charge in [-0.1, -0.05) is 12.1 Å². The number of nitriles is 2. The largest absolute Gasteiger partial charge is 0.573 e. The van der Waals surface area contributed by atoms with Gasteiger partial charge in [0.2, 0.25) is 0 Å². The number of thioether (sulfide) groups is 1. The molecular weight excluding hydrogens is 346 g/mol. The average molecular weight is 354 g/mol. The van der Waals surface area contributed by atoms with Crippen LogP contribution in [0.3, 0.4) is 0 Å². The molecule has 0 aromatic heterocycles. The first kappa shape index (κ1) is 19.0. The number of benzene rings is 1. The lowest BCUT2D eigenvalue weighted by Crippen LogP contribution is -2.25. The van der Waals surface area contributed by atoms with E-state index >= 15 is 0 Å². The molecule has 124 valence electrons. The number of ether oxygens (including phenoxy) is 1. The normalized spacial score (nSPS) is 12.3. The first-order valence-electron chi connectivity index (χ1n) is 5.86. The molecule has 1 rings (SSSR count). The number of rotatable bonds is 5. The van der Waals surface area contributed by atoms with E-state index in [9.17, 15) is 26.3 Å². The Morgan fingerprint density at radius 1 is 0.957 bits per heavy atom. The zero-order valence-electron chi connectivity index (χ0n) is 11.2. The number of alkyl halides is 6. The number of hydrogen-bond acceptors (Lipinski definition) is 4. The third kappa shape index (κ3) is 6.70. The number of nitrogens with zero attached hydrogens (tertiary/aromatic N) is 2. The van der Waals surface area contributed by atoms with Crippen LogP contribution in [0, 0.1) is 28.1 Å². The van der Waals surface area contributed by atoms with Gasteiger partial charge in [0, 0.05) is 12.2 Å². The monoisotopic (exact) mass is 354 g/mol. The van der Waals surface area contributed by atoms with E-state index in [4.69, 9.17) is 10.5 Å². The van der Waals surface area contributed by atoms with E-state index in [0.29, 0.717) is 0 Å². The molecule has 0 saturated carbocycles. The van der Waals surface area contributed by atoms with Crippen LogP contribution in [0.5, 0.6) is 5.75 Å². The molecular formula is C13H8F6N2OS. The van der Waals surface area contributed by atoms with Gasteiger partial charge in [0.25, 0.3) is 0 Å². The van der Waals surface area contributed by atoms with Gasteiger partial charge in [-0.15, -0.1) is 13.2 Å². The Morgan fingerprint density at radius 3 is 1.87 bits per heavy atom. The number of halogens is 6. The maximum atomic E-state index is 12.2. The maximum Gasteiger partial charge on any atom is 0.573 e. The molecule has 0 fully saturated rings. The SMILES string of the molecule is N#CC(C#N)(CSC(F)(F)F)Cc1ccc(OC(F)(F)F)cc1. The van der Waals surface area contributed by atoms with Crippen LogP contribution < -0.4 is 4.74 Å². The molecule has 0 N–H and O–H groups in total. The molecule has 10 heteroatoms. The minimum Gasteiger partial charge on any atom is -0.406 e. The Balaban J connectivity index is 2.86. The third-order valence-corrected chi connectivity index (χ3v) is 3.54. The van der Waals surface area contributed by atoms with Crippen molar-refractivity contribution in [1.82, 2.24) is 0 Å². The highest BCUT2D eigenvalue weighted by Gasteiger charge is 2.38. The van der Waals surface area contributed by atoms with Crippen molar-refractivity contribution in [2.45, 2.75) is 18.3 Å². The summed E-state index contributed by atoms with van der Waals surface area (Å²) in [6.45, 7) is 0. The van der Waals surface area contributed by atoms with Gasteiger partial charge in [0.05, 0.1) is 12.1 Å². The molecule has 0 aliphatic carbocycles. The standard InChI is InChI=1S/C13H8F6N2OS/c14-12(15,16)22-10-3-1-9(2-4-10)5-11(6-20,7-21)8-23-13(17,18)19/h1-4H,5,8H2. The number of hydrogen-bond donors (Lipinski definition) is 0. The molecule has 0 spiro atoms. The molecule has 23 heavy (non-hydrogen) atoms. The van der Waals surface area contributed by atoms with Crippen LogP contribution >= 0.6 is 11.8 Å². The van der Waals surface area contributed by atoms with Crippen molar-refractivity contribution in [1.29, 1.82) is 10.5 Å². The van der Waals surface area contributed by atoms with Crippen LogP contribution in [-0.2, 0) is 6.42 Å². The smallest absolute Gasteiger partial charge is 0.406 e. The molecule has 0 saturated heterocycles. The van der Waals surface area contributed by atoms with Crippen molar-refractivity contribution >= 4 is 11.8 Å².